The topological polar surface area (TPSA) is 84.9 Å². The Bertz CT molecular complexity index is 902. The maximum atomic E-state index is 12.8. The summed E-state index contributed by atoms with van der Waals surface area (Å²) in [7, 11) is 0.330. The molecule has 0 atom stereocenters. The second-order valence-corrected chi connectivity index (χ2v) is 8.27. The highest BCUT2D eigenvalue weighted by Crippen LogP contribution is 2.29. The van der Waals surface area contributed by atoms with Gasteiger partial charge in [0.25, 0.3) is 0 Å². The van der Waals surface area contributed by atoms with Gasteiger partial charge >= 0.3 is 0 Å². The van der Waals surface area contributed by atoms with E-state index in [2.05, 4.69) is 21.2 Å². The van der Waals surface area contributed by atoms with Gasteiger partial charge in [0.2, 0.25) is 15.9 Å². The smallest absolute Gasteiger partial charge is 0.247 e. The number of methoxy groups -OCH3 is 2. The summed E-state index contributed by atoms with van der Waals surface area (Å²) in [4.78, 5) is 12.2. The molecule has 0 fully saturated rings. The first-order valence-electron chi connectivity index (χ1n) is 7.51. The SMILES string of the molecule is COc1cccc(NC(=O)CN(C)S(=O)(=O)c2cc(Br)ccc2OC)c1. The van der Waals surface area contributed by atoms with Crippen molar-refractivity contribution < 1.29 is 22.7 Å². The zero-order valence-corrected chi connectivity index (χ0v) is 16.9. The third-order valence-electron chi connectivity index (χ3n) is 3.53. The molecule has 1 N–H and O–H groups in total. The number of nitrogens with one attached hydrogen (secondary N) is 1. The molecule has 0 aliphatic heterocycles. The number of carbonyl (C=O) groups excluding carboxylic acids is 1. The average molecular weight is 443 g/mol. The molecule has 9 heteroatoms. The quantitative estimate of drug-likeness (QED) is 0.712. The van der Waals surface area contributed by atoms with Gasteiger partial charge in [-0.3, -0.25) is 4.79 Å². The van der Waals surface area contributed by atoms with Gasteiger partial charge in [-0.05, 0) is 30.3 Å². The van der Waals surface area contributed by atoms with Gasteiger partial charge in [0, 0.05) is 23.3 Å². The minimum atomic E-state index is -3.91. The van der Waals surface area contributed by atoms with E-state index < -0.39 is 15.9 Å². The second kappa shape index (κ2) is 8.52. The van der Waals surface area contributed by atoms with E-state index in [1.54, 1.807) is 36.4 Å². The zero-order chi connectivity index (χ0) is 19.3. The van der Waals surface area contributed by atoms with Crippen LogP contribution in [0.5, 0.6) is 11.5 Å². The second-order valence-electron chi connectivity index (χ2n) is 5.34. The Labute approximate surface area is 161 Å². The molecule has 2 aromatic rings. The van der Waals surface area contributed by atoms with Crippen LogP contribution in [0.15, 0.2) is 51.8 Å². The number of ether oxygens (including phenoxy) is 2. The fraction of sp³-hybridized carbons (Fsp3) is 0.235. The molecule has 1 amide bonds. The van der Waals surface area contributed by atoms with Crippen molar-refractivity contribution in [2.45, 2.75) is 4.90 Å². The Hall–Kier alpha value is -2.10. The van der Waals surface area contributed by atoms with Crippen LogP contribution in [0.25, 0.3) is 0 Å². The highest BCUT2D eigenvalue weighted by Gasteiger charge is 2.26. The summed E-state index contributed by atoms with van der Waals surface area (Å²) in [6, 6.07) is 11.4. The maximum absolute atomic E-state index is 12.8. The molecule has 0 saturated heterocycles. The van der Waals surface area contributed by atoms with E-state index >= 15 is 0 Å². The predicted octanol–water partition coefficient (Wildman–Crippen LogP) is 2.73. The normalized spacial score (nSPS) is 11.3. The van der Waals surface area contributed by atoms with Crippen molar-refractivity contribution in [3.8, 4) is 11.5 Å². The molecule has 0 radical (unpaired) electrons. The Morgan fingerprint density at radius 1 is 1.15 bits per heavy atom. The van der Waals surface area contributed by atoms with Crippen LogP contribution in [0, 0.1) is 0 Å². The van der Waals surface area contributed by atoms with Crippen LogP contribution in [0.1, 0.15) is 0 Å². The molecule has 7 nitrogen and oxygen atoms in total. The highest BCUT2D eigenvalue weighted by atomic mass is 79.9. The van der Waals surface area contributed by atoms with E-state index in [1.165, 1.54) is 27.3 Å². The number of hydrogen-bond donors (Lipinski definition) is 1. The van der Waals surface area contributed by atoms with Crippen LogP contribution in [0.4, 0.5) is 5.69 Å². The first-order valence-corrected chi connectivity index (χ1v) is 9.75. The lowest BCUT2D eigenvalue weighted by Crippen LogP contribution is -2.35. The van der Waals surface area contributed by atoms with Crippen LogP contribution in [-0.2, 0) is 14.8 Å². The zero-order valence-electron chi connectivity index (χ0n) is 14.5. The summed E-state index contributed by atoms with van der Waals surface area (Å²) in [6.07, 6.45) is 0. The van der Waals surface area contributed by atoms with Crippen molar-refractivity contribution in [3.63, 3.8) is 0 Å². The van der Waals surface area contributed by atoms with Crippen LogP contribution < -0.4 is 14.8 Å². The Morgan fingerprint density at radius 3 is 2.54 bits per heavy atom. The first-order chi connectivity index (χ1) is 12.3. The lowest BCUT2D eigenvalue weighted by molar-refractivity contribution is -0.116. The Morgan fingerprint density at radius 2 is 1.88 bits per heavy atom. The molecule has 140 valence electrons. The molecule has 0 spiro atoms. The van der Waals surface area contributed by atoms with E-state index in [9.17, 15) is 13.2 Å². The maximum Gasteiger partial charge on any atom is 0.247 e. The summed E-state index contributed by atoms with van der Waals surface area (Å²) in [6.45, 7) is -0.352. The van der Waals surface area contributed by atoms with E-state index in [4.69, 9.17) is 9.47 Å². The number of sulfonamides is 1. The van der Waals surface area contributed by atoms with E-state index in [1.807, 2.05) is 0 Å². The van der Waals surface area contributed by atoms with Crippen LogP contribution in [-0.4, -0.2) is 46.4 Å². The van der Waals surface area contributed by atoms with Gasteiger partial charge in [-0.25, -0.2) is 8.42 Å². The molecule has 2 aromatic carbocycles. The van der Waals surface area contributed by atoms with Gasteiger partial charge in [-0.15, -0.1) is 0 Å². The van der Waals surface area contributed by atoms with Crippen molar-refractivity contribution in [1.82, 2.24) is 4.31 Å². The summed E-state index contributed by atoms with van der Waals surface area (Å²) < 4.78 is 37.3. The van der Waals surface area contributed by atoms with Crippen molar-refractivity contribution >= 4 is 37.5 Å². The molecule has 0 aliphatic carbocycles. The molecule has 0 bridgehead atoms. The number of likely N-dealkylation sites (N-methyl/N-ethyl adjacent to an activating group) is 1. The molecular formula is C17H19BrN2O5S. The number of carbonyl (C=O) groups is 1. The lowest BCUT2D eigenvalue weighted by Gasteiger charge is -2.19. The van der Waals surface area contributed by atoms with Crippen LogP contribution >= 0.6 is 15.9 Å². The predicted molar refractivity (Wildman–Crippen MR) is 102 cm³/mol. The minimum Gasteiger partial charge on any atom is -0.497 e. The third-order valence-corrected chi connectivity index (χ3v) is 5.85. The third kappa shape index (κ3) is 4.75. The standard InChI is InChI=1S/C17H19BrN2O5S/c1-20(11-17(21)19-13-5-4-6-14(10-13)24-2)26(22,23)16-9-12(18)7-8-15(16)25-3/h4-10H,11H2,1-3H3,(H,19,21). The number of benzene rings is 2. The number of anilines is 1. The van der Waals surface area contributed by atoms with Gasteiger partial charge in [-0.1, -0.05) is 22.0 Å². The molecule has 0 heterocycles. The molecular weight excluding hydrogens is 424 g/mol. The number of halogens is 1. The van der Waals surface area contributed by atoms with Crippen LogP contribution in [0.3, 0.4) is 0 Å². The average Bonchev–Trinajstić information content (AvgIpc) is 2.61. The van der Waals surface area contributed by atoms with Gasteiger partial charge in [0.1, 0.15) is 16.4 Å². The molecule has 26 heavy (non-hydrogen) atoms. The van der Waals surface area contributed by atoms with Crippen molar-refractivity contribution in [1.29, 1.82) is 0 Å². The summed E-state index contributed by atoms with van der Waals surface area (Å²) in [5.74, 6) is 0.314. The Kier molecular flexibility index (Phi) is 6.63. The number of amides is 1. The Balaban J connectivity index is 2.16. The lowest BCUT2D eigenvalue weighted by atomic mass is 10.3. The molecule has 2 rings (SSSR count). The monoisotopic (exact) mass is 442 g/mol. The van der Waals surface area contributed by atoms with E-state index in [0.717, 1.165) is 4.31 Å². The van der Waals surface area contributed by atoms with E-state index in [-0.39, 0.29) is 17.2 Å². The van der Waals surface area contributed by atoms with Gasteiger partial charge in [-0.2, -0.15) is 4.31 Å². The number of hydrogen-bond acceptors (Lipinski definition) is 5. The molecule has 0 saturated carbocycles. The fourth-order valence-corrected chi connectivity index (χ4v) is 4.03. The van der Waals surface area contributed by atoms with Gasteiger partial charge < -0.3 is 14.8 Å². The summed E-state index contributed by atoms with van der Waals surface area (Å²) in [5, 5.41) is 2.65. The largest absolute Gasteiger partial charge is 0.497 e. The van der Waals surface area contributed by atoms with E-state index in [0.29, 0.717) is 15.9 Å². The fourth-order valence-electron chi connectivity index (χ4n) is 2.21. The number of nitrogens with zero attached hydrogens (tertiary/aromatic N) is 1. The molecule has 0 unspecified atom stereocenters. The van der Waals surface area contributed by atoms with Gasteiger partial charge in [0.05, 0.1) is 20.8 Å². The van der Waals surface area contributed by atoms with Crippen molar-refractivity contribution in [3.05, 3.63) is 46.9 Å². The highest BCUT2D eigenvalue weighted by molar-refractivity contribution is 9.10. The number of rotatable bonds is 7. The summed E-state index contributed by atoms with van der Waals surface area (Å²) in [5.41, 5.74) is 0.514. The van der Waals surface area contributed by atoms with Gasteiger partial charge in [0.15, 0.2) is 0 Å². The minimum absolute atomic E-state index is 0.0222. The molecule has 0 aromatic heterocycles. The van der Waals surface area contributed by atoms with Crippen LogP contribution in [0.2, 0.25) is 0 Å². The first kappa shape index (κ1) is 20.2. The van der Waals surface area contributed by atoms with Crippen molar-refractivity contribution in [2.24, 2.45) is 0 Å². The summed E-state index contributed by atoms with van der Waals surface area (Å²) >= 11 is 3.25. The van der Waals surface area contributed by atoms with Crippen molar-refractivity contribution in [2.75, 3.05) is 33.1 Å². The molecule has 0 aliphatic rings.